The number of rotatable bonds is 2. The molecule has 1 aliphatic carbocycles. The molecule has 0 unspecified atom stereocenters. The van der Waals surface area contributed by atoms with E-state index < -0.39 is 15.6 Å². The van der Waals surface area contributed by atoms with E-state index in [4.69, 9.17) is 0 Å². The molecule has 0 atom stereocenters. The molecule has 5 heteroatoms. The molecular weight excluding hydrogens is 190 g/mol. The highest BCUT2D eigenvalue weighted by Gasteiger charge is 2.23. The van der Waals surface area contributed by atoms with E-state index in [0.29, 0.717) is 0 Å². The molecule has 0 aromatic rings. The number of ketones is 1. The summed E-state index contributed by atoms with van der Waals surface area (Å²) in [6.07, 6.45) is 6.82. The Morgan fingerprint density at radius 1 is 1.31 bits per heavy atom. The van der Waals surface area contributed by atoms with Gasteiger partial charge in [0.2, 0.25) is 10.0 Å². The second kappa shape index (κ2) is 3.08. The van der Waals surface area contributed by atoms with Crippen molar-refractivity contribution in [2.45, 2.75) is 12.5 Å². The zero-order chi connectivity index (χ0) is 10.1. The fraction of sp³-hybridized carbons (Fsp3) is 0.375. The molecule has 0 spiro atoms. The lowest BCUT2D eigenvalue weighted by atomic mass is 9.98. The summed E-state index contributed by atoms with van der Waals surface area (Å²) in [5, 5.41) is 0. The van der Waals surface area contributed by atoms with Crippen LogP contribution >= 0.6 is 0 Å². The monoisotopic (exact) mass is 201 g/mol. The quantitative estimate of drug-likeness (QED) is 0.683. The van der Waals surface area contributed by atoms with Gasteiger partial charge in [-0.3, -0.25) is 4.79 Å². The third kappa shape index (κ3) is 3.12. The molecule has 4 nitrogen and oxygen atoms in total. The molecule has 0 aliphatic heterocycles. The average Bonchev–Trinajstić information content (AvgIpc) is 1.92. The molecule has 0 bridgehead atoms. The highest BCUT2D eigenvalue weighted by molar-refractivity contribution is 7.88. The predicted octanol–water partition coefficient (Wildman–Crippen LogP) is -0.0106. The highest BCUT2D eigenvalue weighted by atomic mass is 32.2. The summed E-state index contributed by atoms with van der Waals surface area (Å²) in [5.41, 5.74) is -0.776. The molecule has 0 saturated heterocycles. The van der Waals surface area contributed by atoms with E-state index in [1.54, 1.807) is 6.92 Å². The van der Waals surface area contributed by atoms with Gasteiger partial charge in [-0.05, 0) is 19.1 Å². The standard InChI is InChI=1S/C8H11NO3S/c1-8(9-13(2,11)12)5-3-7(10)4-6-8/h3-6,9H,1-2H3. The first-order valence-corrected chi connectivity index (χ1v) is 5.61. The second-order valence-corrected chi connectivity index (χ2v) is 4.97. The van der Waals surface area contributed by atoms with Crippen molar-refractivity contribution in [2.75, 3.05) is 6.26 Å². The number of carbonyl (C=O) groups is 1. The SMILES string of the molecule is CC1(NS(C)(=O)=O)C=CC(=O)C=C1. The maximum atomic E-state index is 10.9. The molecule has 0 amide bonds. The van der Waals surface area contributed by atoms with E-state index in [1.165, 1.54) is 24.3 Å². The van der Waals surface area contributed by atoms with Crippen LogP contribution in [0.25, 0.3) is 0 Å². The molecule has 0 fully saturated rings. The largest absolute Gasteiger partial charge is 0.290 e. The minimum absolute atomic E-state index is 0.132. The number of hydrogen-bond acceptors (Lipinski definition) is 3. The van der Waals surface area contributed by atoms with E-state index in [0.717, 1.165) is 6.26 Å². The Kier molecular flexibility index (Phi) is 2.40. The predicted molar refractivity (Wildman–Crippen MR) is 49.7 cm³/mol. The average molecular weight is 201 g/mol. The van der Waals surface area contributed by atoms with Crippen LogP contribution in [0.3, 0.4) is 0 Å². The topological polar surface area (TPSA) is 63.2 Å². The van der Waals surface area contributed by atoms with Crippen LogP contribution in [0.2, 0.25) is 0 Å². The first kappa shape index (κ1) is 10.1. The summed E-state index contributed by atoms with van der Waals surface area (Å²) in [7, 11) is -3.26. The summed E-state index contributed by atoms with van der Waals surface area (Å²) in [6, 6.07) is 0. The zero-order valence-electron chi connectivity index (χ0n) is 7.44. The Labute approximate surface area is 77.4 Å². The lowest BCUT2D eigenvalue weighted by Gasteiger charge is -2.23. The van der Waals surface area contributed by atoms with E-state index in [2.05, 4.69) is 4.72 Å². The molecule has 0 saturated carbocycles. The van der Waals surface area contributed by atoms with Gasteiger partial charge in [0.05, 0.1) is 11.8 Å². The fourth-order valence-corrected chi connectivity index (χ4v) is 2.02. The number of allylic oxidation sites excluding steroid dienone is 2. The van der Waals surface area contributed by atoms with Crippen LogP contribution in [-0.4, -0.2) is 26.0 Å². The van der Waals surface area contributed by atoms with Crippen molar-refractivity contribution in [2.24, 2.45) is 0 Å². The van der Waals surface area contributed by atoms with E-state index in [9.17, 15) is 13.2 Å². The summed E-state index contributed by atoms with van der Waals surface area (Å²) >= 11 is 0. The zero-order valence-corrected chi connectivity index (χ0v) is 8.26. The van der Waals surface area contributed by atoms with Crippen LogP contribution in [0, 0.1) is 0 Å². The normalized spacial score (nSPS) is 20.6. The second-order valence-electron chi connectivity index (χ2n) is 3.23. The molecule has 1 N–H and O–H groups in total. The van der Waals surface area contributed by atoms with Crippen molar-refractivity contribution in [1.29, 1.82) is 0 Å². The maximum absolute atomic E-state index is 10.9. The molecule has 0 radical (unpaired) electrons. The van der Waals surface area contributed by atoms with Crippen molar-refractivity contribution in [1.82, 2.24) is 4.72 Å². The number of nitrogens with one attached hydrogen (secondary N) is 1. The molecule has 13 heavy (non-hydrogen) atoms. The smallest absolute Gasteiger partial charge is 0.209 e. The van der Waals surface area contributed by atoms with Crippen molar-refractivity contribution in [3.05, 3.63) is 24.3 Å². The van der Waals surface area contributed by atoms with Gasteiger partial charge in [0, 0.05) is 0 Å². The third-order valence-electron chi connectivity index (χ3n) is 1.59. The fourth-order valence-electron chi connectivity index (χ4n) is 1.09. The van der Waals surface area contributed by atoms with Crippen LogP contribution < -0.4 is 4.72 Å². The molecule has 0 heterocycles. The van der Waals surface area contributed by atoms with Crippen LogP contribution in [0.1, 0.15) is 6.92 Å². The third-order valence-corrected chi connectivity index (χ3v) is 2.40. The lowest BCUT2D eigenvalue weighted by molar-refractivity contribution is -0.110. The van der Waals surface area contributed by atoms with Crippen molar-refractivity contribution in [3.8, 4) is 0 Å². The Morgan fingerprint density at radius 3 is 2.15 bits per heavy atom. The summed E-state index contributed by atoms with van der Waals surface area (Å²) in [6.45, 7) is 1.67. The number of sulfonamides is 1. The molecule has 1 rings (SSSR count). The van der Waals surface area contributed by atoms with Gasteiger partial charge in [-0.15, -0.1) is 0 Å². The first-order chi connectivity index (χ1) is 5.81. The Balaban J connectivity index is 2.87. The van der Waals surface area contributed by atoms with Gasteiger partial charge in [-0.1, -0.05) is 12.2 Å². The molecule has 72 valence electrons. The number of carbonyl (C=O) groups excluding carboxylic acids is 1. The van der Waals surface area contributed by atoms with Crippen molar-refractivity contribution >= 4 is 15.8 Å². The summed E-state index contributed by atoms with van der Waals surface area (Å²) < 4.78 is 24.2. The van der Waals surface area contributed by atoms with E-state index in [-0.39, 0.29) is 5.78 Å². The van der Waals surface area contributed by atoms with Gasteiger partial charge in [0.1, 0.15) is 0 Å². The van der Waals surface area contributed by atoms with Crippen molar-refractivity contribution in [3.63, 3.8) is 0 Å². The van der Waals surface area contributed by atoms with Crippen LogP contribution in [0.5, 0.6) is 0 Å². The summed E-state index contributed by atoms with van der Waals surface area (Å²) in [4.78, 5) is 10.8. The van der Waals surface area contributed by atoms with Crippen LogP contribution in [0.4, 0.5) is 0 Å². The van der Waals surface area contributed by atoms with Crippen LogP contribution in [-0.2, 0) is 14.8 Å². The molecule has 0 aromatic carbocycles. The van der Waals surface area contributed by atoms with Crippen LogP contribution in [0.15, 0.2) is 24.3 Å². The van der Waals surface area contributed by atoms with Gasteiger partial charge in [-0.25, -0.2) is 13.1 Å². The van der Waals surface area contributed by atoms with Gasteiger partial charge < -0.3 is 0 Å². The van der Waals surface area contributed by atoms with Gasteiger partial charge in [0.25, 0.3) is 0 Å². The number of hydrogen-bond donors (Lipinski definition) is 1. The van der Waals surface area contributed by atoms with Gasteiger partial charge in [0.15, 0.2) is 5.78 Å². The van der Waals surface area contributed by atoms with E-state index in [1.807, 2.05) is 0 Å². The lowest BCUT2D eigenvalue weighted by Crippen LogP contribution is -2.43. The summed E-state index contributed by atoms with van der Waals surface area (Å²) in [5.74, 6) is -0.132. The maximum Gasteiger partial charge on any atom is 0.209 e. The first-order valence-electron chi connectivity index (χ1n) is 3.72. The molecule has 0 aromatic heterocycles. The van der Waals surface area contributed by atoms with E-state index >= 15 is 0 Å². The van der Waals surface area contributed by atoms with Gasteiger partial charge in [-0.2, -0.15) is 0 Å². The minimum Gasteiger partial charge on any atom is -0.290 e. The highest BCUT2D eigenvalue weighted by Crippen LogP contribution is 2.13. The Bertz CT molecular complexity index is 362. The Morgan fingerprint density at radius 2 is 1.77 bits per heavy atom. The van der Waals surface area contributed by atoms with Crippen molar-refractivity contribution < 1.29 is 13.2 Å². The molecule has 1 aliphatic rings. The Hall–Kier alpha value is -0.940. The van der Waals surface area contributed by atoms with Gasteiger partial charge >= 0.3 is 0 Å². The molecular formula is C8H11NO3S. The minimum atomic E-state index is -3.26.